The van der Waals surface area contributed by atoms with E-state index < -0.39 is 0 Å². The molecule has 5 rings (SSSR count). The first-order valence-electron chi connectivity index (χ1n) is 11.6. The largest absolute Gasteiger partial charge is 0.489 e. The molecule has 6 heteroatoms. The topological polar surface area (TPSA) is 64.4 Å². The van der Waals surface area contributed by atoms with Crippen molar-refractivity contribution in [3.63, 3.8) is 0 Å². The third-order valence-electron chi connectivity index (χ3n) is 5.86. The summed E-state index contributed by atoms with van der Waals surface area (Å²) >= 11 is 1.47. The number of aromatic nitrogens is 1. The Labute approximate surface area is 208 Å². The number of amides is 1. The van der Waals surface area contributed by atoms with Crippen LogP contribution in [-0.2, 0) is 19.4 Å². The van der Waals surface area contributed by atoms with E-state index in [0.29, 0.717) is 16.3 Å². The van der Waals surface area contributed by atoms with E-state index in [1.807, 2.05) is 61.7 Å². The van der Waals surface area contributed by atoms with Crippen LogP contribution in [0.2, 0.25) is 0 Å². The summed E-state index contributed by atoms with van der Waals surface area (Å²) in [6.07, 6.45) is 3.61. The molecular formula is C29H26N2O3S. The lowest BCUT2D eigenvalue weighted by Gasteiger charge is -2.07. The summed E-state index contributed by atoms with van der Waals surface area (Å²) in [5.41, 5.74) is 5.01. The molecule has 3 aromatic carbocycles. The maximum atomic E-state index is 13.2. The summed E-state index contributed by atoms with van der Waals surface area (Å²) in [4.78, 5) is 18.7. The molecule has 176 valence electrons. The summed E-state index contributed by atoms with van der Waals surface area (Å²) in [5, 5.41) is 4.31. The monoisotopic (exact) mass is 482 g/mol. The van der Waals surface area contributed by atoms with Crippen LogP contribution < -0.4 is 10.1 Å². The number of carbonyl (C=O) groups excluding carboxylic acids is 1. The molecule has 5 nitrogen and oxygen atoms in total. The van der Waals surface area contributed by atoms with Crippen LogP contribution in [0.3, 0.4) is 0 Å². The number of aryl methyl sites for hydroxylation is 2. The van der Waals surface area contributed by atoms with Crippen molar-refractivity contribution >= 4 is 33.3 Å². The Morgan fingerprint density at radius 1 is 1.03 bits per heavy atom. The second-order valence-corrected chi connectivity index (χ2v) is 9.56. The van der Waals surface area contributed by atoms with Gasteiger partial charge in [0.05, 0.1) is 0 Å². The van der Waals surface area contributed by atoms with Crippen molar-refractivity contribution in [1.29, 1.82) is 0 Å². The second kappa shape index (κ2) is 10.2. The zero-order chi connectivity index (χ0) is 24.2. The molecule has 0 atom stereocenters. The SMILES string of the molecule is CCc1ccc(Cc2cnc(NC(=O)c3oc4ccccc4c3COc3cccc(C)c3)s2)cc1. The number of carbonyl (C=O) groups is 1. The van der Waals surface area contributed by atoms with Gasteiger partial charge in [-0.25, -0.2) is 4.98 Å². The number of anilines is 1. The van der Waals surface area contributed by atoms with Gasteiger partial charge in [-0.15, -0.1) is 11.3 Å². The highest BCUT2D eigenvalue weighted by Crippen LogP contribution is 2.29. The summed E-state index contributed by atoms with van der Waals surface area (Å²) in [6, 6.07) is 24.0. The van der Waals surface area contributed by atoms with Crippen LogP contribution in [0.25, 0.3) is 11.0 Å². The van der Waals surface area contributed by atoms with Crippen molar-refractivity contribution in [1.82, 2.24) is 4.98 Å². The molecule has 0 fully saturated rings. The van der Waals surface area contributed by atoms with Crippen LogP contribution in [0.4, 0.5) is 5.13 Å². The number of para-hydroxylation sites is 1. The number of furan rings is 1. The second-order valence-electron chi connectivity index (χ2n) is 8.44. The third kappa shape index (κ3) is 5.28. The zero-order valence-corrected chi connectivity index (χ0v) is 20.5. The van der Waals surface area contributed by atoms with Crippen LogP contribution in [0.5, 0.6) is 5.75 Å². The van der Waals surface area contributed by atoms with Crippen molar-refractivity contribution in [2.75, 3.05) is 5.32 Å². The van der Waals surface area contributed by atoms with E-state index in [1.54, 1.807) is 0 Å². The first kappa shape index (κ1) is 22.9. The molecule has 1 N–H and O–H groups in total. The Morgan fingerprint density at radius 2 is 1.83 bits per heavy atom. The summed E-state index contributed by atoms with van der Waals surface area (Å²) in [7, 11) is 0. The van der Waals surface area contributed by atoms with Gasteiger partial charge in [0.25, 0.3) is 5.91 Å². The van der Waals surface area contributed by atoms with Crippen LogP contribution in [-0.4, -0.2) is 10.9 Å². The van der Waals surface area contributed by atoms with Crippen LogP contribution in [0.15, 0.2) is 83.4 Å². The third-order valence-corrected chi connectivity index (χ3v) is 6.77. The Bertz CT molecular complexity index is 1470. The van der Waals surface area contributed by atoms with E-state index in [2.05, 4.69) is 41.5 Å². The van der Waals surface area contributed by atoms with Gasteiger partial charge < -0.3 is 9.15 Å². The highest BCUT2D eigenvalue weighted by atomic mass is 32.1. The molecule has 2 aromatic heterocycles. The molecular weight excluding hydrogens is 456 g/mol. The molecule has 1 amide bonds. The highest BCUT2D eigenvalue weighted by Gasteiger charge is 2.22. The maximum Gasteiger partial charge on any atom is 0.293 e. The molecule has 0 radical (unpaired) electrons. The minimum absolute atomic E-state index is 0.222. The van der Waals surface area contributed by atoms with Gasteiger partial charge in [0.1, 0.15) is 17.9 Å². The summed E-state index contributed by atoms with van der Waals surface area (Å²) in [6.45, 7) is 4.39. The van der Waals surface area contributed by atoms with Gasteiger partial charge >= 0.3 is 0 Å². The van der Waals surface area contributed by atoms with Gasteiger partial charge in [-0.2, -0.15) is 0 Å². The Morgan fingerprint density at radius 3 is 2.63 bits per heavy atom. The molecule has 0 saturated heterocycles. The number of hydrogen-bond acceptors (Lipinski definition) is 5. The number of nitrogens with zero attached hydrogens (tertiary/aromatic N) is 1. The first-order chi connectivity index (χ1) is 17.1. The normalized spacial score (nSPS) is 11.0. The van der Waals surface area contributed by atoms with Crippen LogP contribution in [0.1, 0.15) is 44.6 Å². The lowest BCUT2D eigenvalue weighted by molar-refractivity contribution is 0.0995. The molecule has 0 saturated carbocycles. The number of benzene rings is 3. The quantitative estimate of drug-likeness (QED) is 0.254. The van der Waals surface area contributed by atoms with E-state index in [1.165, 1.54) is 22.5 Å². The van der Waals surface area contributed by atoms with Crippen molar-refractivity contribution in [3.05, 3.63) is 112 Å². The fourth-order valence-electron chi connectivity index (χ4n) is 3.98. The minimum atomic E-state index is -0.336. The maximum absolute atomic E-state index is 13.2. The number of rotatable bonds is 8. The molecule has 0 aliphatic carbocycles. The smallest absolute Gasteiger partial charge is 0.293 e. The molecule has 0 spiro atoms. The van der Waals surface area contributed by atoms with E-state index >= 15 is 0 Å². The van der Waals surface area contributed by atoms with E-state index in [0.717, 1.165) is 34.4 Å². The van der Waals surface area contributed by atoms with Gasteiger partial charge in [0, 0.05) is 28.4 Å². The lowest BCUT2D eigenvalue weighted by atomic mass is 10.1. The number of nitrogens with one attached hydrogen (secondary N) is 1. The van der Waals surface area contributed by atoms with Crippen LogP contribution >= 0.6 is 11.3 Å². The molecule has 0 aliphatic heterocycles. The summed E-state index contributed by atoms with van der Waals surface area (Å²) < 4.78 is 12.0. The van der Waals surface area contributed by atoms with Crippen molar-refractivity contribution in [2.24, 2.45) is 0 Å². The van der Waals surface area contributed by atoms with E-state index in [9.17, 15) is 4.79 Å². The van der Waals surface area contributed by atoms with Gasteiger partial charge in [-0.05, 0) is 48.2 Å². The average Bonchev–Trinajstić information content (AvgIpc) is 3.47. The fraction of sp³-hybridized carbons (Fsp3) is 0.172. The van der Waals surface area contributed by atoms with Crippen molar-refractivity contribution in [3.8, 4) is 5.75 Å². The lowest BCUT2D eigenvalue weighted by Crippen LogP contribution is -2.13. The predicted octanol–water partition coefficient (Wildman–Crippen LogP) is 7.18. The standard InChI is InChI=1S/C29H26N2O3S/c1-3-20-11-13-21(14-12-20)16-23-17-30-29(35-23)31-28(32)27-25(24-9-4-5-10-26(24)34-27)18-33-22-8-6-7-19(2)15-22/h4-15,17H,3,16,18H2,1-2H3,(H,30,31,32). The molecule has 0 aliphatic rings. The Kier molecular flexibility index (Phi) is 6.64. The number of ether oxygens (including phenoxy) is 1. The zero-order valence-electron chi connectivity index (χ0n) is 19.7. The van der Waals surface area contributed by atoms with Gasteiger partial charge in [0.15, 0.2) is 10.9 Å². The number of hydrogen-bond donors (Lipinski definition) is 1. The summed E-state index contributed by atoms with van der Waals surface area (Å²) in [5.74, 6) is 0.654. The molecule has 5 aromatic rings. The number of fused-ring (bicyclic) bond motifs is 1. The minimum Gasteiger partial charge on any atom is -0.489 e. The molecule has 2 heterocycles. The van der Waals surface area contributed by atoms with Gasteiger partial charge in [0.2, 0.25) is 0 Å². The van der Waals surface area contributed by atoms with Gasteiger partial charge in [-0.3, -0.25) is 10.1 Å². The Balaban J connectivity index is 1.33. The van der Waals surface area contributed by atoms with Crippen LogP contribution in [0, 0.1) is 6.92 Å². The number of thiazole rings is 1. The predicted molar refractivity (Wildman–Crippen MR) is 140 cm³/mol. The molecule has 35 heavy (non-hydrogen) atoms. The van der Waals surface area contributed by atoms with Crippen molar-refractivity contribution in [2.45, 2.75) is 33.3 Å². The van der Waals surface area contributed by atoms with Crippen molar-refractivity contribution < 1.29 is 13.9 Å². The molecule has 0 bridgehead atoms. The van der Waals surface area contributed by atoms with E-state index in [-0.39, 0.29) is 18.3 Å². The first-order valence-corrected chi connectivity index (χ1v) is 12.4. The Hall–Kier alpha value is -3.90. The highest BCUT2D eigenvalue weighted by molar-refractivity contribution is 7.15. The fourth-order valence-corrected chi connectivity index (χ4v) is 4.82. The molecule has 0 unspecified atom stereocenters. The average molecular weight is 483 g/mol. The van der Waals surface area contributed by atoms with E-state index in [4.69, 9.17) is 9.15 Å². The van der Waals surface area contributed by atoms with Gasteiger partial charge in [-0.1, -0.05) is 61.5 Å².